The minimum atomic E-state index is -4.51. The topological polar surface area (TPSA) is 60.2 Å². The lowest BCUT2D eigenvalue weighted by Crippen LogP contribution is -2.16. The monoisotopic (exact) mass is 445 g/mol. The van der Waals surface area contributed by atoms with Crippen molar-refractivity contribution in [2.75, 3.05) is 0 Å². The molecule has 9 heteroatoms. The molecule has 140 valence electrons. The van der Waals surface area contributed by atoms with Crippen LogP contribution in [0.1, 0.15) is 17.0 Å². The number of primary sulfonamides is 1. The second-order valence-corrected chi connectivity index (χ2v) is 8.61. The molecule has 1 atom stereocenters. The highest BCUT2D eigenvalue weighted by molar-refractivity contribution is 7.89. The lowest BCUT2D eigenvalue weighted by molar-refractivity contribution is 0.519. The first-order chi connectivity index (χ1) is 12.6. The molecule has 0 aromatic heterocycles. The molecule has 2 aromatic carbocycles. The minimum Gasteiger partial charge on any atom is -0.224 e. The average Bonchev–Trinajstić information content (AvgIpc) is 2.55. The van der Waals surface area contributed by atoms with Crippen molar-refractivity contribution in [1.82, 2.24) is 0 Å². The molecule has 3 rings (SSSR count). The lowest BCUT2D eigenvalue weighted by atomic mass is 9.88. The molecule has 0 amide bonds. The van der Waals surface area contributed by atoms with E-state index < -0.39 is 26.6 Å². The van der Waals surface area contributed by atoms with Gasteiger partial charge in [0, 0.05) is 10.8 Å². The predicted molar refractivity (Wildman–Crippen MR) is 107 cm³/mol. The van der Waals surface area contributed by atoms with E-state index >= 15 is 0 Å². The fourth-order valence-electron chi connectivity index (χ4n) is 2.75. The molecule has 1 aliphatic rings. The van der Waals surface area contributed by atoms with Gasteiger partial charge in [0.05, 0.1) is 10.0 Å². The third-order valence-corrected chi connectivity index (χ3v) is 6.06. The van der Waals surface area contributed by atoms with Crippen LogP contribution >= 0.6 is 35.4 Å². The first-order valence-corrected chi connectivity index (χ1v) is 10.2. The molecular weight excluding hydrogens is 435 g/mol. The molecule has 0 heterocycles. The Bertz CT molecular complexity index is 1110. The summed E-state index contributed by atoms with van der Waals surface area (Å²) in [6.07, 6.45) is 5.00. The van der Waals surface area contributed by atoms with Crippen LogP contribution < -0.4 is 5.14 Å². The van der Waals surface area contributed by atoms with E-state index in [1.165, 1.54) is 0 Å². The number of allylic oxidation sites excluding steroid dienone is 4. The van der Waals surface area contributed by atoms with E-state index in [9.17, 15) is 17.2 Å². The minimum absolute atomic E-state index is 0.142. The van der Waals surface area contributed by atoms with E-state index in [1.807, 2.05) is 0 Å². The van der Waals surface area contributed by atoms with Crippen molar-refractivity contribution in [1.29, 1.82) is 0 Å². The van der Waals surface area contributed by atoms with Crippen molar-refractivity contribution >= 4 is 55.9 Å². The summed E-state index contributed by atoms with van der Waals surface area (Å²) in [5.74, 6) is -2.78. The van der Waals surface area contributed by atoms with Gasteiger partial charge in [-0.15, -0.1) is 0 Å². The maximum atomic E-state index is 14.1. The summed E-state index contributed by atoms with van der Waals surface area (Å²) < 4.78 is 50.7. The molecule has 0 spiro atoms. The molecule has 2 N–H and O–H groups in total. The Morgan fingerprint density at radius 3 is 2.19 bits per heavy atom. The maximum Gasteiger partial charge on any atom is 0.243 e. The van der Waals surface area contributed by atoms with Crippen LogP contribution in [0.2, 0.25) is 10.0 Å². The number of thiocarbonyl (C=S) groups is 1. The summed E-state index contributed by atoms with van der Waals surface area (Å²) >= 11 is 17.4. The Labute approximate surface area is 170 Å². The van der Waals surface area contributed by atoms with E-state index in [0.29, 0.717) is 20.5 Å². The number of halogens is 4. The molecule has 2 aromatic rings. The van der Waals surface area contributed by atoms with E-state index in [4.69, 9.17) is 40.6 Å². The Morgan fingerprint density at radius 2 is 1.67 bits per heavy atom. The van der Waals surface area contributed by atoms with E-state index in [2.05, 4.69) is 0 Å². The van der Waals surface area contributed by atoms with Gasteiger partial charge in [0.15, 0.2) is 4.90 Å². The summed E-state index contributed by atoms with van der Waals surface area (Å²) in [6, 6.07) is 6.95. The first kappa shape index (κ1) is 20.1. The number of hydrogen-bond donors (Lipinski definition) is 1. The zero-order valence-electron chi connectivity index (χ0n) is 13.4. The first-order valence-electron chi connectivity index (χ1n) is 7.49. The van der Waals surface area contributed by atoms with Gasteiger partial charge < -0.3 is 0 Å². The van der Waals surface area contributed by atoms with Gasteiger partial charge in [-0.1, -0.05) is 53.6 Å². The zero-order chi connectivity index (χ0) is 19.9. The van der Waals surface area contributed by atoms with Crippen molar-refractivity contribution in [3.63, 3.8) is 0 Å². The second-order valence-electron chi connectivity index (χ2n) is 5.83. The molecule has 0 fully saturated rings. The van der Waals surface area contributed by atoms with Crippen LogP contribution in [0, 0.1) is 11.6 Å². The normalized spacial score (nSPS) is 17.1. The SMILES string of the molecule is NS(=O)(=O)c1c(F)cc(C2=CC(=S)C(c3ccc(Cl)c(Cl)c3)C=C2)cc1F. The van der Waals surface area contributed by atoms with Crippen molar-refractivity contribution in [2.24, 2.45) is 5.14 Å². The summed E-state index contributed by atoms with van der Waals surface area (Å²) in [5.41, 5.74) is 1.40. The van der Waals surface area contributed by atoms with Gasteiger partial charge in [-0.25, -0.2) is 22.3 Å². The summed E-state index contributed by atoms with van der Waals surface area (Å²) in [7, 11) is -4.51. The Kier molecular flexibility index (Phi) is 5.52. The molecule has 1 aliphatic carbocycles. The van der Waals surface area contributed by atoms with Gasteiger partial charge in [-0.3, -0.25) is 0 Å². The van der Waals surface area contributed by atoms with Crippen LogP contribution in [0.4, 0.5) is 8.78 Å². The number of sulfonamides is 1. The van der Waals surface area contributed by atoms with Crippen LogP contribution in [-0.4, -0.2) is 13.3 Å². The molecule has 0 bridgehead atoms. The third kappa shape index (κ3) is 4.12. The quantitative estimate of drug-likeness (QED) is 0.674. The highest BCUT2D eigenvalue weighted by Gasteiger charge is 2.23. The number of rotatable bonds is 3. The second kappa shape index (κ2) is 7.41. The number of benzene rings is 2. The average molecular weight is 446 g/mol. The largest absolute Gasteiger partial charge is 0.243 e. The smallest absolute Gasteiger partial charge is 0.224 e. The van der Waals surface area contributed by atoms with Crippen molar-refractivity contribution in [3.05, 3.63) is 81.4 Å². The highest BCUT2D eigenvalue weighted by atomic mass is 35.5. The van der Waals surface area contributed by atoms with Crippen LogP contribution in [0.25, 0.3) is 5.57 Å². The summed E-state index contributed by atoms with van der Waals surface area (Å²) in [5, 5.41) is 5.65. The fraction of sp³-hybridized carbons (Fsp3) is 0.0556. The maximum absolute atomic E-state index is 14.1. The molecule has 3 nitrogen and oxygen atoms in total. The van der Waals surface area contributed by atoms with Crippen LogP contribution in [-0.2, 0) is 10.0 Å². The Hall–Kier alpha value is -1.64. The van der Waals surface area contributed by atoms with Crippen molar-refractivity contribution in [3.8, 4) is 0 Å². The number of nitrogens with two attached hydrogens (primary N) is 1. The molecule has 27 heavy (non-hydrogen) atoms. The summed E-state index contributed by atoms with van der Waals surface area (Å²) in [4.78, 5) is -0.662. The zero-order valence-corrected chi connectivity index (χ0v) is 16.6. The molecule has 0 saturated heterocycles. The molecule has 0 saturated carbocycles. The van der Waals surface area contributed by atoms with Gasteiger partial charge in [-0.2, -0.15) is 0 Å². The van der Waals surface area contributed by atoms with E-state index in [1.54, 1.807) is 36.4 Å². The van der Waals surface area contributed by atoms with Crippen molar-refractivity contribution in [2.45, 2.75) is 10.8 Å². The molecular formula is C18H11Cl2F2NO2S2. The van der Waals surface area contributed by atoms with E-state index in [-0.39, 0.29) is 11.5 Å². The van der Waals surface area contributed by atoms with Gasteiger partial charge in [0.2, 0.25) is 10.0 Å². The standard InChI is InChI=1S/C18H11Cl2F2NO2S2/c19-13-4-2-10(5-14(13)20)12-3-1-9(8-17(12)26)11-6-15(21)18(16(22)7-11)27(23,24)25/h1-8,12H,(H2,23,24,25). The van der Waals surface area contributed by atoms with Gasteiger partial charge >= 0.3 is 0 Å². The third-order valence-electron chi connectivity index (χ3n) is 3.99. The predicted octanol–water partition coefficient (Wildman–Crippen LogP) is 5.03. The van der Waals surface area contributed by atoms with Crippen LogP contribution in [0.15, 0.2) is 53.5 Å². The molecule has 0 radical (unpaired) electrons. The van der Waals surface area contributed by atoms with Crippen molar-refractivity contribution < 1.29 is 17.2 Å². The van der Waals surface area contributed by atoms with Gasteiger partial charge in [-0.05, 0) is 47.0 Å². The Morgan fingerprint density at radius 1 is 1.04 bits per heavy atom. The van der Waals surface area contributed by atoms with E-state index in [0.717, 1.165) is 17.7 Å². The number of hydrogen-bond acceptors (Lipinski definition) is 3. The van der Waals surface area contributed by atoms with Gasteiger partial charge in [0.25, 0.3) is 0 Å². The molecule has 1 unspecified atom stereocenters. The Balaban J connectivity index is 1.96. The fourth-order valence-corrected chi connectivity index (χ4v) is 4.05. The van der Waals surface area contributed by atoms with Crippen LogP contribution in [0.3, 0.4) is 0 Å². The lowest BCUT2D eigenvalue weighted by Gasteiger charge is -2.19. The molecule has 0 aliphatic heterocycles. The summed E-state index contributed by atoms with van der Waals surface area (Å²) in [6.45, 7) is 0. The highest BCUT2D eigenvalue weighted by Crippen LogP contribution is 2.33. The van der Waals surface area contributed by atoms with Crippen LogP contribution in [0.5, 0.6) is 0 Å². The van der Waals surface area contributed by atoms with Gasteiger partial charge in [0.1, 0.15) is 11.6 Å².